The van der Waals surface area contributed by atoms with Gasteiger partial charge in [-0.3, -0.25) is 4.79 Å². The van der Waals surface area contributed by atoms with Gasteiger partial charge in [0.05, 0.1) is 19.0 Å². The molecule has 2 aromatic carbocycles. The largest absolute Gasteiger partial charge is 0.444 e. The number of rotatable bonds is 8. The van der Waals surface area contributed by atoms with E-state index in [-0.39, 0.29) is 5.91 Å². The van der Waals surface area contributed by atoms with Crippen molar-refractivity contribution in [3.8, 4) is 6.07 Å². The molecule has 0 radical (unpaired) electrons. The molecule has 1 heterocycles. The number of anilines is 1. The molecule has 0 saturated heterocycles. The minimum Gasteiger partial charge on any atom is -0.444 e. The van der Waals surface area contributed by atoms with Crippen LogP contribution in [-0.4, -0.2) is 33.6 Å². The van der Waals surface area contributed by atoms with E-state index in [1.165, 1.54) is 6.08 Å². The summed E-state index contributed by atoms with van der Waals surface area (Å²) in [7, 11) is 0. The summed E-state index contributed by atoms with van der Waals surface area (Å²) in [4.78, 5) is 26.9. The topological polar surface area (TPSA) is 87.4 Å². The number of carbonyl (C=O) groups excluding carboxylic acids is 2. The molecular formula is C28H32N4O3. The molecule has 0 fully saturated rings. The zero-order chi connectivity index (χ0) is 25.4. The van der Waals surface area contributed by atoms with Crippen LogP contribution in [0.4, 0.5) is 10.5 Å². The molecule has 2 amide bonds. The zero-order valence-electron chi connectivity index (χ0n) is 20.7. The maximum atomic E-state index is 12.8. The normalized spacial score (nSPS) is 11.4. The summed E-state index contributed by atoms with van der Waals surface area (Å²) in [6, 6.07) is 17.5. The number of nitriles is 1. The zero-order valence-corrected chi connectivity index (χ0v) is 20.7. The molecule has 0 bridgehead atoms. The third kappa shape index (κ3) is 6.97. The first-order valence-corrected chi connectivity index (χ1v) is 11.7. The quantitative estimate of drug-likeness (QED) is 0.410. The van der Waals surface area contributed by atoms with Crippen LogP contribution in [0.3, 0.4) is 0 Å². The van der Waals surface area contributed by atoms with E-state index in [0.29, 0.717) is 31.7 Å². The third-order valence-corrected chi connectivity index (χ3v) is 5.37. The van der Waals surface area contributed by atoms with Gasteiger partial charge in [-0.2, -0.15) is 5.26 Å². The number of para-hydroxylation sites is 2. The lowest BCUT2D eigenvalue weighted by molar-refractivity contribution is -0.111. The van der Waals surface area contributed by atoms with Gasteiger partial charge in [-0.25, -0.2) is 4.79 Å². The lowest BCUT2D eigenvalue weighted by Gasteiger charge is -2.27. The van der Waals surface area contributed by atoms with Crippen LogP contribution in [0, 0.1) is 11.3 Å². The fraction of sp³-hybridized carbons (Fsp3) is 0.321. The van der Waals surface area contributed by atoms with Gasteiger partial charge in [-0.05, 0) is 51.5 Å². The Labute approximate surface area is 206 Å². The second-order valence-electron chi connectivity index (χ2n) is 9.18. The van der Waals surface area contributed by atoms with Crippen molar-refractivity contribution in [1.29, 1.82) is 5.26 Å². The van der Waals surface area contributed by atoms with E-state index < -0.39 is 11.7 Å². The fourth-order valence-electron chi connectivity index (χ4n) is 3.72. The van der Waals surface area contributed by atoms with Gasteiger partial charge in [0.25, 0.3) is 0 Å². The highest BCUT2D eigenvalue weighted by atomic mass is 16.6. The molecule has 0 atom stereocenters. The summed E-state index contributed by atoms with van der Waals surface area (Å²) in [5.41, 5.74) is 2.80. The Kier molecular flexibility index (Phi) is 8.32. The van der Waals surface area contributed by atoms with Gasteiger partial charge in [0, 0.05) is 47.5 Å². The molecular weight excluding hydrogens is 440 g/mol. The number of hydrogen-bond donors (Lipinski definition) is 1. The average Bonchev–Trinajstić information content (AvgIpc) is 3.17. The number of ether oxygens (including phenoxy) is 1. The molecule has 0 unspecified atom stereocenters. The number of amides is 2. The van der Waals surface area contributed by atoms with Crippen molar-refractivity contribution in [2.45, 2.75) is 52.8 Å². The number of carbonyl (C=O) groups is 2. The molecule has 1 aromatic heterocycles. The molecule has 1 N–H and O–H groups in total. The van der Waals surface area contributed by atoms with E-state index in [1.54, 1.807) is 11.0 Å². The van der Waals surface area contributed by atoms with Crippen molar-refractivity contribution >= 4 is 34.7 Å². The van der Waals surface area contributed by atoms with Crippen molar-refractivity contribution in [1.82, 2.24) is 9.47 Å². The van der Waals surface area contributed by atoms with Crippen molar-refractivity contribution in [2.24, 2.45) is 0 Å². The Morgan fingerprint density at radius 3 is 2.57 bits per heavy atom. The van der Waals surface area contributed by atoms with E-state index in [9.17, 15) is 9.59 Å². The van der Waals surface area contributed by atoms with Gasteiger partial charge in [0.15, 0.2) is 0 Å². The first kappa shape index (κ1) is 25.6. The summed E-state index contributed by atoms with van der Waals surface area (Å²) >= 11 is 0. The average molecular weight is 473 g/mol. The molecule has 0 saturated carbocycles. The van der Waals surface area contributed by atoms with E-state index in [4.69, 9.17) is 10.00 Å². The van der Waals surface area contributed by atoms with Crippen molar-refractivity contribution in [3.63, 3.8) is 0 Å². The van der Waals surface area contributed by atoms with Crippen LogP contribution in [0.5, 0.6) is 0 Å². The highest BCUT2D eigenvalue weighted by Crippen LogP contribution is 2.23. The lowest BCUT2D eigenvalue weighted by atomic mass is 10.1. The van der Waals surface area contributed by atoms with Crippen LogP contribution < -0.4 is 5.32 Å². The van der Waals surface area contributed by atoms with Crippen molar-refractivity contribution < 1.29 is 14.3 Å². The fourth-order valence-corrected chi connectivity index (χ4v) is 3.72. The lowest BCUT2D eigenvalue weighted by Crippen LogP contribution is -2.36. The standard InChI is InChI=1S/C28H32N4O3/c1-5-31(27(34)35-28(2,3)4)20-22-11-6-8-13-24(22)30-26(33)16-15-21-19-32(18-10-17-29)25-14-9-7-12-23(21)25/h6-9,11-16,19H,5,10,18,20H2,1-4H3,(H,30,33)/b16-15+. The predicted octanol–water partition coefficient (Wildman–Crippen LogP) is 5.96. The molecule has 7 nitrogen and oxygen atoms in total. The van der Waals surface area contributed by atoms with Gasteiger partial charge >= 0.3 is 6.09 Å². The van der Waals surface area contributed by atoms with Crippen molar-refractivity contribution in [2.75, 3.05) is 11.9 Å². The molecule has 0 spiro atoms. The monoisotopic (exact) mass is 472 g/mol. The maximum Gasteiger partial charge on any atom is 0.410 e. The molecule has 182 valence electrons. The maximum absolute atomic E-state index is 12.8. The Balaban J connectivity index is 1.75. The van der Waals surface area contributed by atoms with Gasteiger partial charge in [-0.15, -0.1) is 0 Å². The van der Waals surface area contributed by atoms with E-state index in [0.717, 1.165) is 22.0 Å². The number of nitrogens with zero attached hydrogens (tertiary/aromatic N) is 3. The molecule has 3 aromatic rings. The number of nitrogens with one attached hydrogen (secondary N) is 1. The Morgan fingerprint density at radius 2 is 1.86 bits per heavy atom. The second-order valence-corrected chi connectivity index (χ2v) is 9.18. The van der Waals surface area contributed by atoms with E-state index in [2.05, 4.69) is 11.4 Å². The summed E-state index contributed by atoms with van der Waals surface area (Å²) in [6.07, 6.45) is 5.26. The molecule has 3 rings (SSSR count). The molecule has 0 aliphatic rings. The Morgan fingerprint density at radius 1 is 1.14 bits per heavy atom. The van der Waals surface area contributed by atoms with Gasteiger partial charge in [-0.1, -0.05) is 36.4 Å². The van der Waals surface area contributed by atoms with Crippen LogP contribution in [0.2, 0.25) is 0 Å². The summed E-state index contributed by atoms with van der Waals surface area (Å²) in [5.74, 6) is -0.272. The third-order valence-electron chi connectivity index (χ3n) is 5.37. The number of benzene rings is 2. The Hall–Kier alpha value is -4.05. The predicted molar refractivity (Wildman–Crippen MR) is 139 cm³/mol. The van der Waals surface area contributed by atoms with Gasteiger partial charge in [0.1, 0.15) is 5.60 Å². The number of aromatic nitrogens is 1. The van der Waals surface area contributed by atoms with Gasteiger partial charge < -0.3 is 19.5 Å². The molecule has 35 heavy (non-hydrogen) atoms. The minimum atomic E-state index is -0.583. The van der Waals surface area contributed by atoms with E-state index >= 15 is 0 Å². The van der Waals surface area contributed by atoms with Crippen LogP contribution >= 0.6 is 0 Å². The minimum absolute atomic E-state index is 0.272. The van der Waals surface area contributed by atoms with Crippen LogP contribution in [-0.2, 0) is 22.6 Å². The smallest absolute Gasteiger partial charge is 0.410 e. The first-order valence-electron chi connectivity index (χ1n) is 11.7. The van der Waals surface area contributed by atoms with Crippen LogP contribution in [0.1, 0.15) is 45.2 Å². The summed E-state index contributed by atoms with van der Waals surface area (Å²) in [5, 5.41) is 12.9. The van der Waals surface area contributed by atoms with E-state index in [1.807, 2.05) is 87.0 Å². The number of aryl methyl sites for hydroxylation is 1. The molecule has 7 heteroatoms. The van der Waals surface area contributed by atoms with Gasteiger partial charge in [0.2, 0.25) is 5.91 Å². The SMILES string of the molecule is CCN(Cc1ccccc1NC(=O)/C=C/c1cn(CCC#N)c2ccccc12)C(=O)OC(C)(C)C. The second kappa shape index (κ2) is 11.4. The summed E-state index contributed by atoms with van der Waals surface area (Å²) in [6.45, 7) is 8.78. The highest BCUT2D eigenvalue weighted by Gasteiger charge is 2.22. The summed E-state index contributed by atoms with van der Waals surface area (Å²) < 4.78 is 7.53. The number of fused-ring (bicyclic) bond motifs is 1. The highest BCUT2D eigenvalue weighted by molar-refractivity contribution is 6.04. The molecule has 0 aliphatic carbocycles. The first-order chi connectivity index (χ1) is 16.7. The van der Waals surface area contributed by atoms with Crippen LogP contribution in [0.25, 0.3) is 17.0 Å². The van der Waals surface area contributed by atoms with Crippen LogP contribution in [0.15, 0.2) is 60.8 Å². The van der Waals surface area contributed by atoms with Crippen molar-refractivity contribution in [3.05, 3.63) is 71.9 Å². The number of hydrogen-bond acceptors (Lipinski definition) is 4. The molecule has 0 aliphatic heterocycles. The Bertz CT molecular complexity index is 1260.